The van der Waals surface area contributed by atoms with Gasteiger partial charge in [0.15, 0.2) is 5.88 Å². The summed E-state index contributed by atoms with van der Waals surface area (Å²) < 4.78 is 7.70. The number of rotatable bonds is 1. The molecule has 0 spiro atoms. The van der Waals surface area contributed by atoms with Crippen molar-refractivity contribution in [3.8, 4) is 11.1 Å². The van der Waals surface area contributed by atoms with Crippen LogP contribution in [-0.2, 0) is 27.1 Å². The number of nitrogens with zero attached hydrogens (tertiary/aromatic N) is 2. The van der Waals surface area contributed by atoms with E-state index < -0.39 is 0 Å². The lowest BCUT2D eigenvalue weighted by Gasteiger charge is -2.47. The molecule has 2 aliphatic carbocycles. The van der Waals surface area contributed by atoms with Crippen molar-refractivity contribution >= 4 is 57.4 Å². The number of para-hydroxylation sites is 1. The Hall–Kier alpha value is -4.96. The summed E-state index contributed by atoms with van der Waals surface area (Å²) in [6, 6.07) is 38.1. The molecule has 1 unspecified atom stereocenters. The van der Waals surface area contributed by atoms with Gasteiger partial charge in [0, 0.05) is 28.3 Å². The van der Waals surface area contributed by atoms with Crippen LogP contribution in [0, 0.1) is 6.92 Å². The zero-order valence-corrected chi connectivity index (χ0v) is 36.4. The first-order valence-corrected chi connectivity index (χ1v) is 21.8. The molecule has 1 aromatic heterocycles. The summed E-state index contributed by atoms with van der Waals surface area (Å²) in [5.41, 5.74) is 21.0. The lowest BCUT2D eigenvalue weighted by Crippen LogP contribution is -2.63. The molecule has 0 saturated heterocycles. The number of benzene rings is 5. The van der Waals surface area contributed by atoms with Crippen LogP contribution in [0.3, 0.4) is 0 Å². The molecule has 5 heterocycles. The topological polar surface area (TPSA) is 19.6 Å². The molecule has 6 aromatic rings. The third kappa shape index (κ3) is 4.75. The Bertz CT molecular complexity index is 2720. The van der Waals surface area contributed by atoms with Gasteiger partial charge in [0.2, 0.25) is 0 Å². The fourth-order valence-corrected chi connectivity index (χ4v) is 11.7. The highest BCUT2D eigenvalue weighted by Gasteiger charge is 2.54. The molecular formula is C54H57BN2O. The Balaban J connectivity index is 1.31. The predicted molar refractivity (Wildman–Crippen MR) is 246 cm³/mol. The molecule has 292 valence electrons. The molecule has 5 aromatic carbocycles. The van der Waals surface area contributed by atoms with Gasteiger partial charge in [-0.15, -0.1) is 0 Å². The second-order valence-electron chi connectivity index (χ2n) is 21.7. The minimum absolute atomic E-state index is 0.00763. The third-order valence-electron chi connectivity index (χ3n) is 15.4. The Morgan fingerprint density at radius 2 is 1.22 bits per heavy atom. The second kappa shape index (κ2) is 11.4. The summed E-state index contributed by atoms with van der Waals surface area (Å²) in [6.07, 6.45) is 4.48. The Kier molecular flexibility index (Phi) is 7.11. The number of hydrogen-bond acceptors (Lipinski definition) is 3. The van der Waals surface area contributed by atoms with Gasteiger partial charge >= 0.3 is 0 Å². The van der Waals surface area contributed by atoms with Crippen molar-refractivity contribution in [2.24, 2.45) is 0 Å². The van der Waals surface area contributed by atoms with E-state index in [1.165, 1.54) is 96.5 Å². The van der Waals surface area contributed by atoms with E-state index in [1.807, 2.05) is 0 Å². The summed E-state index contributed by atoms with van der Waals surface area (Å²) in [6.45, 7) is 26.5. The summed E-state index contributed by atoms with van der Waals surface area (Å²) in [4.78, 5) is 5.15. The maximum Gasteiger partial charge on any atom is 0.256 e. The average molecular weight is 761 g/mol. The fraction of sp³-hybridized carbons (Fsp3) is 0.370. The molecule has 0 saturated carbocycles. The largest absolute Gasteiger partial charge is 0.444 e. The van der Waals surface area contributed by atoms with E-state index in [0.29, 0.717) is 0 Å². The zero-order chi connectivity index (χ0) is 40.5. The van der Waals surface area contributed by atoms with E-state index in [1.54, 1.807) is 0 Å². The van der Waals surface area contributed by atoms with Crippen molar-refractivity contribution in [2.45, 2.75) is 129 Å². The second-order valence-corrected chi connectivity index (χ2v) is 21.7. The van der Waals surface area contributed by atoms with E-state index in [0.717, 1.165) is 30.2 Å². The molecule has 58 heavy (non-hydrogen) atoms. The van der Waals surface area contributed by atoms with Crippen LogP contribution in [-0.4, -0.2) is 6.71 Å². The first-order valence-electron chi connectivity index (χ1n) is 21.8. The van der Waals surface area contributed by atoms with E-state index in [9.17, 15) is 0 Å². The number of anilines is 6. The summed E-state index contributed by atoms with van der Waals surface area (Å²) in [5, 5.41) is 0. The van der Waals surface area contributed by atoms with Gasteiger partial charge in [0.05, 0.1) is 11.1 Å². The summed E-state index contributed by atoms with van der Waals surface area (Å²) in [7, 11) is 0. The van der Waals surface area contributed by atoms with Gasteiger partial charge in [-0.2, -0.15) is 0 Å². The predicted octanol–water partition coefficient (Wildman–Crippen LogP) is 12.7. The van der Waals surface area contributed by atoms with Gasteiger partial charge in [-0.25, -0.2) is 0 Å². The molecule has 4 heteroatoms. The maximum atomic E-state index is 7.70. The van der Waals surface area contributed by atoms with Gasteiger partial charge in [-0.1, -0.05) is 123 Å². The van der Waals surface area contributed by atoms with Crippen LogP contribution in [0.1, 0.15) is 134 Å². The van der Waals surface area contributed by atoms with Crippen LogP contribution in [0.15, 0.2) is 101 Å². The van der Waals surface area contributed by atoms with Crippen molar-refractivity contribution in [1.29, 1.82) is 0 Å². The van der Waals surface area contributed by atoms with Gasteiger partial charge in [0.25, 0.3) is 6.71 Å². The van der Waals surface area contributed by atoms with Crippen LogP contribution < -0.4 is 26.2 Å². The molecule has 0 amide bonds. The molecule has 4 bridgehead atoms. The third-order valence-corrected chi connectivity index (χ3v) is 15.4. The Labute approximate surface area is 346 Å². The molecule has 3 nitrogen and oxygen atoms in total. The minimum Gasteiger partial charge on any atom is -0.444 e. The van der Waals surface area contributed by atoms with E-state index in [-0.39, 0.29) is 33.8 Å². The lowest BCUT2D eigenvalue weighted by atomic mass is 9.32. The monoisotopic (exact) mass is 760 g/mol. The highest BCUT2D eigenvalue weighted by molar-refractivity contribution is 7.00. The highest BCUT2D eigenvalue weighted by Crippen LogP contribution is 2.57. The van der Waals surface area contributed by atoms with Crippen LogP contribution in [0.2, 0.25) is 0 Å². The number of aryl methyl sites for hydroxylation is 1. The summed E-state index contributed by atoms with van der Waals surface area (Å²) in [5.74, 6) is 2.15. The summed E-state index contributed by atoms with van der Waals surface area (Å²) >= 11 is 0. The average Bonchev–Trinajstić information content (AvgIpc) is 3.59. The first-order chi connectivity index (χ1) is 27.4. The maximum absolute atomic E-state index is 7.70. The van der Waals surface area contributed by atoms with Crippen molar-refractivity contribution in [3.05, 3.63) is 136 Å². The van der Waals surface area contributed by atoms with Gasteiger partial charge in [0.1, 0.15) is 5.76 Å². The number of fused-ring (bicyclic) bond motifs is 7. The van der Waals surface area contributed by atoms with Crippen LogP contribution in [0.4, 0.5) is 34.3 Å². The smallest absolute Gasteiger partial charge is 0.256 e. The molecule has 4 aliphatic heterocycles. The molecule has 1 atom stereocenters. The van der Waals surface area contributed by atoms with Gasteiger partial charge in [-0.05, 0) is 153 Å². The van der Waals surface area contributed by atoms with Gasteiger partial charge < -0.3 is 9.32 Å². The van der Waals surface area contributed by atoms with Crippen molar-refractivity contribution in [1.82, 2.24) is 0 Å². The molecule has 0 radical (unpaired) electrons. The number of hydrogen-bond donors (Lipinski definition) is 0. The Morgan fingerprint density at radius 3 is 1.90 bits per heavy atom. The minimum atomic E-state index is -0.256. The zero-order valence-electron chi connectivity index (χ0n) is 36.4. The van der Waals surface area contributed by atoms with Crippen molar-refractivity contribution in [3.63, 3.8) is 0 Å². The van der Waals surface area contributed by atoms with Crippen LogP contribution in [0.25, 0.3) is 11.1 Å². The lowest BCUT2D eigenvalue weighted by molar-refractivity contribution is 0.298. The fourth-order valence-electron chi connectivity index (χ4n) is 11.7. The molecule has 12 rings (SSSR count). The van der Waals surface area contributed by atoms with Crippen LogP contribution >= 0.6 is 0 Å². The standard InChI is InChI=1S/C54H57BN2O/c1-32-28-43-46-44(29-32)57-41-15-13-12-14-37(41)33-16-18-35(19-17-33)54(11)27-26-53(9,10)45-47(49(57)58-48(45)54)55(46)40-30-38-39(52(7,8)25-24-51(38,5)6)31-42(40)56(43)36-22-20-34(21-23-36)50(2,3)4/h12-23,28-31H,24-27H2,1-11H3. The molecule has 0 fully saturated rings. The quantitative estimate of drug-likeness (QED) is 0.155. The van der Waals surface area contributed by atoms with Crippen molar-refractivity contribution < 1.29 is 4.42 Å². The van der Waals surface area contributed by atoms with E-state index in [4.69, 9.17) is 4.42 Å². The Morgan fingerprint density at radius 1 is 0.603 bits per heavy atom. The van der Waals surface area contributed by atoms with E-state index >= 15 is 0 Å². The van der Waals surface area contributed by atoms with Gasteiger partial charge in [-0.3, -0.25) is 4.90 Å². The number of furan rings is 1. The normalized spacial score (nSPS) is 21.1. The highest BCUT2D eigenvalue weighted by atomic mass is 16.4. The molecule has 0 N–H and O–H groups in total. The molecule has 6 aliphatic rings. The first kappa shape index (κ1) is 36.1. The van der Waals surface area contributed by atoms with Crippen molar-refractivity contribution in [2.75, 3.05) is 9.80 Å². The van der Waals surface area contributed by atoms with Crippen LogP contribution in [0.5, 0.6) is 0 Å². The van der Waals surface area contributed by atoms with E-state index in [2.05, 4.69) is 183 Å². The molecular weight excluding hydrogens is 703 g/mol. The SMILES string of the molecule is Cc1cc2c3c(c1)N1c4ccccc4-c4ccc(cc4)C4(C)CCC(C)(C)c5c4oc1c5B3c1cc3c(cc1N2c1ccc(C(C)(C)C)cc1)C(C)(C)CCC3(C)C.